The van der Waals surface area contributed by atoms with Gasteiger partial charge in [-0.3, -0.25) is 9.59 Å². The molecule has 1 aliphatic carbocycles. The number of rotatable bonds is 7. The lowest BCUT2D eigenvalue weighted by molar-refractivity contribution is -0.140. The molecule has 1 saturated carbocycles. The highest BCUT2D eigenvalue weighted by atomic mass is 16.5. The van der Waals surface area contributed by atoms with Crippen LogP contribution in [0.5, 0.6) is 5.75 Å². The first-order valence-corrected chi connectivity index (χ1v) is 9.75. The van der Waals surface area contributed by atoms with E-state index < -0.39 is 0 Å². The van der Waals surface area contributed by atoms with Gasteiger partial charge in [-0.25, -0.2) is 0 Å². The molecule has 0 unspecified atom stereocenters. The topological polar surface area (TPSA) is 49.9 Å². The Morgan fingerprint density at radius 1 is 1.04 bits per heavy atom. The smallest absolute Gasteiger partial charge is 0.223 e. The summed E-state index contributed by atoms with van der Waals surface area (Å²) in [5.74, 6) is 2.54. The number of hydrogen-bond donors (Lipinski definition) is 0. The summed E-state index contributed by atoms with van der Waals surface area (Å²) < 4.78 is 5.15. The average molecular weight is 358 g/mol. The summed E-state index contributed by atoms with van der Waals surface area (Å²) in [5.41, 5.74) is 1.14. The number of methoxy groups -OCH3 is 1. The van der Waals surface area contributed by atoms with Crippen LogP contribution in [0.25, 0.3) is 0 Å². The first-order chi connectivity index (χ1) is 12.6. The maximum Gasteiger partial charge on any atom is 0.223 e. The Morgan fingerprint density at radius 3 is 2.15 bits per heavy atom. The van der Waals surface area contributed by atoms with Crippen LogP contribution in [0.4, 0.5) is 0 Å². The van der Waals surface area contributed by atoms with Gasteiger partial charge in [0.15, 0.2) is 0 Å². The third kappa shape index (κ3) is 4.99. The highest BCUT2D eigenvalue weighted by Gasteiger charge is 2.31. The lowest BCUT2D eigenvalue weighted by atomic mass is 10.0. The number of aryl methyl sites for hydroxylation is 1. The van der Waals surface area contributed by atoms with Crippen molar-refractivity contribution in [2.45, 2.75) is 39.0 Å². The molecule has 3 rings (SSSR count). The fraction of sp³-hybridized carbons (Fsp3) is 0.619. The van der Waals surface area contributed by atoms with Gasteiger partial charge >= 0.3 is 0 Å². The van der Waals surface area contributed by atoms with E-state index in [9.17, 15) is 9.59 Å². The van der Waals surface area contributed by atoms with Gasteiger partial charge < -0.3 is 14.5 Å². The largest absolute Gasteiger partial charge is 0.497 e. The Kier molecular flexibility index (Phi) is 6.17. The molecule has 0 bridgehead atoms. The van der Waals surface area contributed by atoms with E-state index in [-0.39, 0.29) is 11.8 Å². The van der Waals surface area contributed by atoms with Crippen LogP contribution in [-0.4, -0.2) is 54.9 Å². The summed E-state index contributed by atoms with van der Waals surface area (Å²) in [7, 11) is 1.65. The van der Waals surface area contributed by atoms with Crippen LogP contribution in [0.1, 0.15) is 38.2 Å². The predicted molar refractivity (Wildman–Crippen MR) is 101 cm³/mol. The molecule has 0 spiro atoms. The normalized spacial score (nSPS) is 18.5. The van der Waals surface area contributed by atoms with E-state index in [0.29, 0.717) is 44.9 Å². The van der Waals surface area contributed by atoms with Gasteiger partial charge in [0.2, 0.25) is 11.8 Å². The van der Waals surface area contributed by atoms with Gasteiger partial charge in [-0.2, -0.15) is 0 Å². The van der Waals surface area contributed by atoms with Crippen LogP contribution >= 0.6 is 0 Å². The SMILES string of the molecule is COc1ccc(CCC(=O)N2CCN(C(=O)C[C@H](C)C3CC3)CC2)cc1. The van der Waals surface area contributed by atoms with Crippen molar-refractivity contribution in [2.24, 2.45) is 11.8 Å². The van der Waals surface area contributed by atoms with Crippen molar-refractivity contribution in [2.75, 3.05) is 33.3 Å². The second-order valence-corrected chi connectivity index (χ2v) is 7.63. The zero-order chi connectivity index (χ0) is 18.5. The molecule has 1 atom stereocenters. The van der Waals surface area contributed by atoms with E-state index in [4.69, 9.17) is 4.74 Å². The molecule has 5 heteroatoms. The second-order valence-electron chi connectivity index (χ2n) is 7.63. The molecular weight excluding hydrogens is 328 g/mol. The molecule has 1 heterocycles. The van der Waals surface area contributed by atoms with Crippen LogP contribution in [0.2, 0.25) is 0 Å². The van der Waals surface area contributed by atoms with Crippen molar-refractivity contribution in [3.63, 3.8) is 0 Å². The Labute approximate surface area is 156 Å². The standard InChI is InChI=1S/C21H30N2O3/c1-16(18-6-7-18)15-21(25)23-13-11-22(12-14-23)20(24)10-5-17-3-8-19(26-2)9-4-17/h3-4,8-9,16,18H,5-7,10-15H2,1-2H3/t16-/m0/s1. The number of carbonyl (C=O) groups excluding carboxylic acids is 2. The summed E-state index contributed by atoms with van der Waals surface area (Å²) in [5, 5.41) is 0. The van der Waals surface area contributed by atoms with E-state index in [2.05, 4.69) is 6.92 Å². The van der Waals surface area contributed by atoms with E-state index in [0.717, 1.165) is 23.7 Å². The van der Waals surface area contributed by atoms with Crippen LogP contribution < -0.4 is 4.74 Å². The maximum absolute atomic E-state index is 12.4. The minimum atomic E-state index is 0.180. The van der Waals surface area contributed by atoms with Crippen LogP contribution in [-0.2, 0) is 16.0 Å². The van der Waals surface area contributed by atoms with E-state index in [1.54, 1.807) is 7.11 Å². The van der Waals surface area contributed by atoms with Crippen molar-refractivity contribution in [1.29, 1.82) is 0 Å². The van der Waals surface area contributed by atoms with Crippen molar-refractivity contribution in [1.82, 2.24) is 9.80 Å². The highest BCUT2D eigenvalue weighted by Crippen LogP contribution is 2.38. The number of piperazine rings is 1. The highest BCUT2D eigenvalue weighted by molar-refractivity contribution is 5.78. The zero-order valence-electron chi connectivity index (χ0n) is 15.9. The number of ether oxygens (including phenoxy) is 1. The average Bonchev–Trinajstić information content (AvgIpc) is 3.52. The van der Waals surface area contributed by atoms with Gasteiger partial charge in [-0.15, -0.1) is 0 Å². The summed E-state index contributed by atoms with van der Waals surface area (Å²) >= 11 is 0. The molecule has 2 aliphatic rings. The van der Waals surface area contributed by atoms with Crippen molar-refractivity contribution in [3.05, 3.63) is 29.8 Å². The molecular formula is C21H30N2O3. The fourth-order valence-electron chi connectivity index (χ4n) is 3.64. The Hall–Kier alpha value is -2.04. The van der Waals surface area contributed by atoms with E-state index in [1.165, 1.54) is 12.8 Å². The van der Waals surface area contributed by atoms with Gasteiger partial charge in [-0.1, -0.05) is 19.1 Å². The summed E-state index contributed by atoms with van der Waals surface area (Å²) in [6.07, 6.45) is 4.48. The minimum absolute atomic E-state index is 0.180. The number of amides is 2. The maximum atomic E-state index is 12.4. The molecule has 142 valence electrons. The molecule has 1 saturated heterocycles. The molecule has 1 aromatic rings. The first-order valence-electron chi connectivity index (χ1n) is 9.75. The third-order valence-corrected chi connectivity index (χ3v) is 5.70. The summed E-state index contributed by atoms with van der Waals surface area (Å²) in [6.45, 7) is 4.85. The van der Waals surface area contributed by atoms with Crippen molar-refractivity contribution >= 4 is 11.8 Å². The van der Waals surface area contributed by atoms with Crippen LogP contribution in [0.3, 0.4) is 0 Å². The molecule has 26 heavy (non-hydrogen) atoms. The van der Waals surface area contributed by atoms with Crippen LogP contribution in [0.15, 0.2) is 24.3 Å². The predicted octanol–water partition coefficient (Wildman–Crippen LogP) is 2.73. The van der Waals surface area contributed by atoms with E-state index >= 15 is 0 Å². The van der Waals surface area contributed by atoms with Gasteiger partial charge in [0.25, 0.3) is 0 Å². The molecule has 5 nitrogen and oxygen atoms in total. The number of carbonyl (C=O) groups is 2. The molecule has 1 aromatic carbocycles. The quantitative estimate of drug-likeness (QED) is 0.753. The lowest BCUT2D eigenvalue weighted by Gasteiger charge is -2.35. The number of nitrogens with zero attached hydrogens (tertiary/aromatic N) is 2. The first kappa shape index (κ1) is 18.7. The van der Waals surface area contributed by atoms with Crippen molar-refractivity contribution < 1.29 is 14.3 Å². The Balaban J connectivity index is 1.39. The third-order valence-electron chi connectivity index (χ3n) is 5.70. The monoisotopic (exact) mass is 358 g/mol. The summed E-state index contributed by atoms with van der Waals surface area (Å²) in [4.78, 5) is 28.7. The second kappa shape index (κ2) is 8.56. The molecule has 2 fully saturated rings. The zero-order valence-corrected chi connectivity index (χ0v) is 15.9. The Bertz CT molecular complexity index is 617. The van der Waals surface area contributed by atoms with Crippen molar-refractivity contribution in [3.8, 4) is 5.75 Å². The Morgan fingerprint density at radius 2 is 1.62 bits per heavy atom. The molecule has 0 N–H and O–H groups in total. The molecule has 2 amide bonds. The molecule has 0 aromatic heterocycles. The molecule has 0 radical (unpaired) electrons. The van der Waals surface area contributed by atoms with E-state index in [1.807, 2.05) is 34.1 Å². The van der Waals surface area contributed by atoms with Crippen LogP contribution in [0, 0.1) is 11.8 Å². The number of hydrogen-bond acceptors (Lipinski definition) is 3. The van der Waals surface area contributed by atoms with Gasteiger partial charge in [0.1, 0.15) is 5.75 Å². The fourth-order valence-corrected chi connectivity index (χ4v) is 3.64. The van der Waals surface area contributed by atoms with Gasteiger partial charge in [0, 0.05) is 39.0 Å². The van der Waals surface area contributed by atoms with Gasteiger partial charge in [0.05, 0.1) is 7.11 Å². The minimum Gasteiger partial charge on any atom is -0.497 e. The lowest BCUT2D eigenvalue weighted by Crippen LogP contribution is -2.50. The number of benzene rings is 1. The summed E-state index contributed by atoms with van der Waals surface area (Å²) in [6, 6.07) is 7.85. The van der Waals surface area contributed by atoms with Gasteiger partial charge in [-0.05, 0) is 48.8 Å². The molecule has 1 aliphatic heterocycles.